The van der Waals surface area contributed by atoms with E-state index in [0.717, 1.165) is 0 Å². The molecule has 0 spiro atoms. The van der Waals surface area contributed by atoms with E-state index in [1.807, 2.05) is 0 Å². The highest BCUT2D eigenvalue weighted by Crippen LogP contribution is 2.01. The maximum atomic E-state index is 11.7. The van der Waals surface area contributed by atoms with E-state index in [1.54, 1.807) is 13.8 Å². The Balaban J connectivity index is 4.22. The van der Waals surface area contributed by atoms with Crippen molar-refractivity contribution >= 4 is 23.7 Å². The highest BCUT2D eigenvalue weighted by molar-refractivity contribution is 5.90. The van der Waals surface area contributed by atoms with Gasteiger partial charge >= 0.3 is 5.97 Å². The lowest BCUT2D eigenvalue weighted by Crippen LogP contribution is -2.51. The molecule has 19 heavy (non-hydrogen) atoms. The molecule has 108 valence electrons. The highest BCUT2D eigenvalue weighted by atomic mass is 16.4. The van der Waals surface area contributed by atoms with Crippen LogP contribution in [0.5, 0.6) is 0 Å². The molecule has 8 nitrogen and oxygen atoms in total. The summed E-state index contributed by atoms with van der Waals surface area (Å²) in [6, 6.07) is -0.732. The van der Waals surface area contributed by atoms with Crippen LogP contribution in [0.3, 0.4) is 0 Å². The van der Waals surface area contributed by atoms with Crippen LogP contribution in [0.15, 0.2) is 0 Å². The minimum atomic E-state index is -1.17. The molecule has 0 aromatic rings. The molecule has 8 heteroatoms. The Morgan fingerprint density at radius 2 is 1.63 bits per heavy atom. The molecule has 1 atom stereocenters. The van der Waals surface area contributed by atoms with Gasteiger partial charge in [-0.15, -0.1) is 0 Å². The Bertz CT molecular complexity index is 367. The average molecular weight is 273 g/mol. The lowest BCUT2D eigenvalue weighted by atomic mass is 10.0. The van der Waals surface area contributed by atoms with Crippen molar-refractivity contribution in [2.24, 2.45) is 5.92 Å². The van der Waals surface area contributed by atoms with Crippen LogP contribution in [-0.2, 0) is 19.2 Å². The number of rotatable bonds is 7. The molecule has 4 N–H and O–H groups in total. The number of carboxylic acids is 1. The molecule has 0 rings (SSSR count). The van der Waals surface area contributed by atoms with E-state index in [9.17, 15) is 19.2 Å². The average Bonchev–Trinajstić information content (AvgIpc) is 2.29. The van der Waals surface area contributed by atoms with Crippen molar-refractivity contribution in [3.05, 3.63) is 0 Å². The van der Waals surface area contributed by atoms with Gasteiger partial charge in [0.2, 0.25) is 17.7 Å². The molecule has 0 aromatic heterocycles. The summed E-state index contributed by atoms with van der Waals surface area (Å²) in [6.45, 7) is 3.96. The van der Waals surface area contributed by atoms with Crippen molar-refractivity contribution in [1.82, 2.24) is 16.0 Å². The zero-order chi connectivity index (χ0) is 15.0. The van der Waals surface area contributed by atoms with Gasteiger partial charge < -0.3 is 21.1 Å². The molecule has 0 fully saturated rings. The van der Waals surface area contributed by atoms with Gasteiger partial charge in [0.1, 0.15) is 12.6 Å². The fourth-order valence-electron chi connectivity index (χ4n) is 1.27. The van der Waals surface area contributed by atoms with E-state index in [0.29, 0.717) is 0 Å². The number of carbonyl (C=O) groups excluding carboxylic acids is 3. The third kappa shape index (κ3) is 7.74. The largest absolute Gasteiger partial charge is 0.480 e. The predicted octanol–water partition coefficient (Wildman–Crippen LogP) is -1.54. The normalized spacial score (nSPS) is 11.6. The highest BCUT2D eigenvalue weighted by Gasteiger charge is 2.23. The summed E-state index contributed by atoms with van der Waals surface area (Å²) >= 11 is 0. The van der Waals surface area contributed by atoms with E-state index in [-0.39, 0.29) is 18.4 Å². The van der Waals surface area contributed by atoms with Gasteiger partial charge in [0, 0.05) is 6.92 Å². The third-order valence-corrected chi connectivity index (χ3v) is 2.17. The van der Waals surface area contributed by atoms with E-state index in [1.165, 1.54) is 6.92 Å². The van der Waals surface area contributed by atoms with Crippen molar-refractivity contribution < 1.29 is 24.3 Å². The maximum absolute atomic E-state index is 11.7. The first kappa shape index (κ1) is 16.9. The summed E-state index contributed by atoms with van der Waals surface area (Å²) in [5.41, 5.74) is 0. The Morgan fingerprint density at radius 3 is 2.05 bits per heavy atom. The Hall–Kier alpha value is -2.12. The summed E-state index contributed by atoms with van der Waals surface area (Å²) in [4.78, 5) is 44.1. The monoisotopic (exact) mass is 273 g/mol. The van der Waals surface area contributed by atoms with E-state index >= 15 is 0 Å². The number of carbonyl (C=O) groups is 4. The molecule has 0 unspecified atom stereocenters. The molecule has 0 bridgehead atoms. The molecule has 0 radical (unpaired) electrons. The van der Waals surface area contributed by atoms with Crippen molar-refractivity contribution in [2.45, 2.75) is 26.8 Å². The second-order valence-electron chi connectivity index (χ2n) is 4.31. The van der Waals surface area contributed by atoms with Gasteiger partial charge in [-0.05, 0) is 5.92 Å². The molecular formula is C11H19N3O5. The topological polar surface area (TPSA) is 125 Å². The second-order valence-corrected chi connectivity index (χ2v) is 4.31. The predicted molar refractivity (Wildman–Crippen MR) is 66.1 cm³/mol. The van der Waals surface area contributed by atoms with Crippen molar-refractivity contribution in [3.63, 3.8) is 0 Å². The fraction of sp³-hybridized carbons (Fsp3) is 0.636. The minimum Gasteiger partial charge on any atom is -0.480 e. The van der Waals surface area contributed by atoms with Crippen LogP contribution in [0.1, 0.15) is 20.8 Å². The molecule has 0 saturated carbocycles. The van der Waals surface area contributed by atoms with E-state index in [2.05, 4.69) is 16.0 Å². The summed E-state index contributed by atoms with van der Waals surface area (Å²) in [5.74, 6) is -2.75. The van der Waals surface area contributed by atoms with Gasteiger partial charge in [-0.2, -0.15) is 0 Å². The van der Waals surface area contributed by atoms with Crippen LogP contribution in [0, 0.1) is 5.92 Å². The van der Waals surface area contributed by atoms with Crippen LogP contribution in [-0.4, -0.2) is 47.9 Å². The first-order chi connectivity index (χ1) is 8.73. The van der Waals surface area contributed by atoms with Crippen LogP contribution < -0.4 is 16.0 Å². The number of amides is 3. The maximum Gasteiger partial charge on any atom is 0.322 e. The molecule has 3 amide bonds. The molecule has 0 aliphatic carbocycles. The zero-order valence-corrected chi connectivity index (χ0v) is 11.1. The fourth-order valence-corrected chi connectivity index (χ4v) is 1.27. The van der Waals surface area contributed by atoms with Gasteiger partial charge in [-0.25, -0.2) is 0 Å². The van der Waals surface area contributed by atoms with Gasteiger partial charge in [0.25, 0.3) is 0 Å². The summed E-state index contributed by atoms with van der Waals surface area (Å²) in [6.07, 6.45) is 0. The Kier molecular flexibility index (Phi) is 7.16. The minimum absolute atomic E-state index is 0.133. The van der Waals surface area contributed by atoms with Crippen molar-refractivity contribution in [1.29, 1.82) is 0 Å². The van der Waals surface area contributed by atoms with Gasteiger partial charge in [0.15, 0.2) is 0 Å². The summed E-state index contributed by atoms with van der Waals surface area (Å²) < 4.78 is 0. The van der Waals surface area contributed by atoms with Crippen molar-refractivity contribution in [2.75, 3.05) is 13.1 Å². The quantitative estimate of drug-likeness (QED) is 0.447. The van der Waals surface area contributed by atoms with Crippen LogP contribution in [0.4, 0.5) is 0 Å². The molecule has 0 aliphatic heterocycles. The standard InChI is InChI=1S/C11H19N3O5/c1-6(2)10(14-7(3)15)11(19)13-4-8(16)12-5-9(17)18/h6,10H,4-5H2,1-3H3,(H,12,16)(H,13,19)(H,14,15)(H,17,18)/t10-/m0/s1. The molecule has 0 aromatic carbocycles. The molecule has 0 heterocycles. The Labute approximate surface area is 110 Å². The van der Waals surface area contributed by atoms with Crippen molar-refractivity contribution in [3.8, 4) is 0 Å². The lowest BCUT2D eigenvalue weighted by molar-refractivity contribution is -0.138. The SMILES string of the molecule is CC(=O)N[C@H](C(=O)NCC(=O)NCC(=O)O)C(C)C. The van der Waals surface area contributed by atoms with Crippen LogP contribution >= 0.6 is 0 Å². The number of aliphatic carboxylic acids is 1. The molecule has 0 saturated heterocycles. The van der Waals surface area contributed by atoms with Gasteiger partial charge in [-0.3, -0.25) is 19.2 Å². The van der Waals surface area contributed by atoms with Gasteiger partial charge in [-0.1, -0.05) is 13.8 Å². The van der Waals surface area contributed by atoms with E-state index in [4.69, 9.17) is 5.11 Å². The van der Waals surface area contributed by atoms with Crippen LogP contribution in [0.25, 0.3) is 0 Å². The zero-order valence-electron chi connectivity index (χ0n) is 11.1. The van der Waals surface area contributed by atoms with E-state index < -0.39 is 30.4 Å². The van der Waals surface area contributed by atoms with Crippen LogP contribution in [0.2, 0.25) is 0 Å². The molecular weight excluding hydrogens is 254 g/mol. The van der Waals surface area contributed by atoms with Gasteiger partial charge in [0.05, 0.1) is 6.54 Å². The first-order valence-electron chi connectivity index (χ1n) is 5.77. The Morgan fingerprint density at radius 1 is 1.05 bits per heavy atom. The molecule has 0 aliphatic rings. The smallest absolute Gasteiger partial charge is 0.322 e. The third-order valence-electron chi connectivity index (χ3n) is 2.17. The first-order valence-corrected chi connectivity index (χ1v) is 5.77. The summed E-state index contributed by atoms with van der Waals surface area (Å²) in [5, 5.41) is 15.3. The summed E-state index contributed by atoms with van der Waals surface area (Å²) in [7, 11) is 0. The second kappa shape index (κ2) is 8.06. The number of nitrogens with one attached hydrogen (secondary N) is 3. The number of hydrogen-bond acceptors (Lipinski definition) is 4. The lowest BCUT2D eigenvalue weighted by Gasteiger charge is -2.20. The number of carboxylic acid groups (broad SMARTS) is 1. The number of hydrogen-bond donors (Lipinski definition) is 4.